The van der Waals surface area contributed by atoms with Gasteiger partial charge in [-0.2, -0.15) is 0 Å². The van der Waals surface area contributed by atoms with Gasteiger partial charge in [0.15, 0.2) is 28.7 Å². The Hall–Kier alpha value is -4.06. The maximum atomic E-state index is 15.8. The summed E-state index contributed by atoms with van der Waals surface area (Å²) in [4.78, 5) is 28.3. The van der Waals surface area contributed by atoms with Crippen LogP contribution in [0.1, 0.15) is 45.7 Å². The number of halogens is 4. The molecule has 4 atom stereocenters. The van der Waals surface area contributed by atoms with Crippen LogP contribution in [0.3, 0.4) is 0 Å². The molecule has 1 saturated heterocycles. The Morgan fingerprint density at radius 3 is 2.67 bits per heavy atom. The van der Waals surface area contributed by atoms with Crippen molar-refractivity contribution in [2.24, 2.45) is 0 Å². The monoisotopic (exact) mass is 542 g/mol. The number of aromatic nitrogens is 1. The van der Waals surface area contributed by atoms with Crippen LogP contribution in [0.15, 0.2) is 47.4 Å². The lowest BCUT2D eigenvalue weighted by atomic mass is 9.89. The van der Waals surface area contributed by atoms with Gasteiger partial charge in [0.2, 0.25) is 11.7 Å². The van der Waals surface area contributed by atoms with E-state index < -0.39 is 59.4 Å². The molecule has 5 heterocycles. The van der Waals surface area contributed by atoms with E-state index in [1.807, 2.05) is 0 Å². The molecule has 4 aliphatic heterocycles. The van der Waals surface area contributed by atoms with Crippen molar-refractivity contribution >= 4 is 11.6 Å². The number of carbonyl (C=O) groups excluding carboxylic acids is 1. The van der Waals surface area contributed by atoms with Gasteiger partial charge >= 0.3 is 0 Å². The molecule has 4 aliphatic rings. The van der Waals surface area contributed by atoms with E-state index in [4.69, 9.17) is 4.74 Å². The highest BCUT2D eigenvalue weighted by molar-refractivity contribution is 5.96. The summed E-state index contributed by atoms with van der Waals surface area (Å²) in [5.74, 6) is -3.71. The molecule has 0 bridgehead atoms. The number of fused-ring (bicyclic) bond motifs is 3. The number of hydrogen-bond acceptors (Lipinski definition) is 6. The average Bonchev–Trinajstić information content (AvgIpc) is 3.03. The summed E-state index contributed by atoms with van der Waals surface area (Å²) in [5, 5.41) is 12.3. The number of benzene rings is 2. The van der Waals surface area contributed by atoms with E-state index in [2.05, 4.69) is 0 Å². The molecule has 1 amide bonds. The predicted molar refractivity (Wildman–Crippen MR) is 130 cm³/mol. The quantitative estimate of drug-likeness (QED) is 0.376. The second-order valence-electron chi connectivity index (χ2n) is 10.3. The molecule has 0 radical (unpaired) electrons. The number of carbonyl (C=O) groups is 1. The lowest BCUT2D eigenvalue weighted by Crippen LogP contribution is -2.66. The molecule has 2 aromatic carbocycles. The van der Waals surface area contributed by atoms with E-state index in [0.717, 1.165) is 24.0 Å². The first-order valence-corrected chi connectivity index (χ1v) is 12.4. The second kappa shape index (κ2) is 7.98. The van der Waals surface area contributed by atoms with Crippen LogP contribution >= 0.6 is 0 Å². The molecule has 202 valence electrons. The molecule has 1 N–H and O–H groups in total. The van der Waals surface area contributed by atoms with Gasteiger partial charge in [0.1, 0.15) is 12.2 Å². The Balaban J connectivity index is 1.58. The fourth-order valence-corrected chi connectivity index (χ4v) is 6.37. The van der Waals surface area contributed by atoms with Gasteiger partial charge in [-0.3, -0.25) is 19.3 Å². The summed E-state index contributed by atoms with van der Waals surface area (Å²) in [5.41, 5.74) is -2.79. The minimum Gasteiger partial charge on any atom is -0.502 e. The van der Waals surface area contributed by atoms with Crippen molar-refractivity contribution in [1.82, 2.24) is 9.58 Å². The van der Waals surface area contributed by atoms with Crippen LogP contribution in [0.2, 0.25) is 0 Å². The van der Waals surface area contributed by atoms with Crippen LogP contribution in [0, 0.1) is 11.6 Å². The zero-order valence-corrected chi connectivity index (χ0v) is 20.6. The van der Waals surface area contributed by atoms with Crippen LogP contribution in [-0.2, 0) is 17.0 Å². The lowest BCUT2D eigenvalue weighted by Gasteiger charge is -2.51. The van der Waals surface area contributed by atoms with Gasteiger partial charge in [-0.05, 0) is 18.6 Å². The van der Waals surface area contributed by atoms with Crippen molar-refractivity contribution in [1.29, 1.82) is 0 Å². The Bertz CT molecular complexity index is 1630. The van der Waals surface area contributed by atoms with Crippen molar-refractivity contribution in [3.8, 4) is 5.75 Å². The Morgan fingerprint density at radius 1 is 1.08 bits per heavy atom. The maximum absolute atomic E-state index is 15.8. The van der Waals surface area contributed by atoms with Crippen LogP contribution in [0.4, 0.5) is 23.2 Å². The zero-order chi connectivity index (χ0) is 27.4. The minimum absolute atomic E-state index is 0.0128. The molecule has 1 aromatic heterocycles. The van der Waals surface area contributed by atoms with Crippen LogP contribution in [0.25, 0.3) is 0 Å². The molecule has 7 rings (SSSR count). The Kier molecular flexibility index (Phi) is 4.91. The molecule has 4 unspecified atom stereocenters. The number of nitrogens with zero attached hydrogens (tertiary/aromatic N) is 4. The highest BCUT2D eigenvalue weighted by Gasteiger charge is 2.54. The van der Waals surface area contributed by atoms with Gasteiger partial charge < -0.3 is 19.6 Å². The van der Waals surface area contributed by atoms with Gasteiger partial charge in [0.25, 0.3) is 5.91 Å². The van der Waals surface area contributed by atoms with Gasteiger partial charge in [-0.1, -0.05) is 24.3 Å². The van der Waals surface area contributed by atoms with E-state index in [9.17, 15) is 19.1 Å². The number of aromatic hydroxyl groups is 1. The number of morpholine rings is 1. The van der Waals surface area contributed by atoms with Crippen LogP contribution in [-0.4, -0.2) is 52.8 Å². The summed E-state index contributed by atoms with van der Waals surface area (Å²) < 4.78 is 68.5. The third-order valence-electron chi connectivity index (χ3n) is 8.19. The van der Waals surface area contributed by atoms with Crippen LogP contribution < -0.4 is 15.3 Å². The van der Waals surface area contributed by atoms with Gasteiger partial charge in [-0.25, -0.2) is 17.6 Å². The average molecular weight is 542 g/mol. The number of amides is 1. The van der Waals surface area contributed by atoms with Gasteiger partial charge in [-0.15, -0.1) is 0 Å². The fourth-order valence-electron chi connectivity index (χ4n) is 6.37. The summed E-state index contributed by atoms with van der Waals surface area (Å²) in [6, 6.07) is 7.07. The summed E-state index contributed by atoms with van der Waals surface area (Å²) >= 11 is 0. The van der Waals surface area contributed by atoms with Crippen molar-refractivity contribution in [2.45, 2.75) is 37.6 Å². The SMILES string of the molecule is CC1(F)c2cccc3c2N(Cc2c(ccc(F)c2F)C3N2C3COCCN3C(=O)c3c(O)c(=O)ccn32)C1F. The van der Waals surface area contributed by atoms with Crippen molar-refractivity contribution in [3.05, 3.63) is 92.4 Å². The fraction of sp³-hybridized carbons (Fsp3) is 0.333. The molecule has 3 aromatic rings. The van der Waals surface area contributed by atoms with E-state index in [1.54, 1.807) is 17.1 Å². The van der Waals surface area contributed by atoms with Crippen LogP contribution in [0.5, 0.6) is 5.75 Å². The summed E-state index contributed by atoms with van der Waals surface area (Å²) in [6.45, 7) is 1.01. The molecule has 8 nitrogen and oxygen atoms in total. The van der Waals surface area contributed by atoms with E-state index in [1.165, 1.54) is 27.9 Å². The zero-order valence-electron chi connectivity index (χ0n) is 20.6. The second-order valence-corrected chi connectivity index (χ2v) is 10.3. The molecule has 12 heteroatoms. The highest BCUT2D eigenvalue weighted by atomic mass is 19.2. The largest absolute Gasteiger partial charge is 0.502 e. The number of alkyl halides is 2. The predicted octanol–water partition coefficient (Wildman–Crippen LogP) is 3.19. The first-order chi connectivity index (χ1) is 18.6. The minimum atomic E-state index is -2.43. The third-order valence-corrected chi connectivity index (χ3v) is 8.19. The van der Waals surface area contributed by atoms with E-state index >= 15 is 13.2 Å². The van der Waals surface area contributed by atoms with Crippen molar-refractivity contribution in [2.75, 3.05) is 29.7 Å². The Morgan fingerprint density at radius 2 is 1.87 bits per heavy atom. The number of anilines is 1. The topological polar surface area (TPSA) is 78.2 Å². The standard InChI is InChI=1S/C27H22F4N4O4/c1-27(31)16-4-2-3-14-21(13-5-6-17(28)20(29)15(13)11-33(22(14)16)26(27)30)35-19-12-39-10-9-32(19)25(38)23-24(37)18(36)7-8-34(23)35/h2-8,19,21,26,37H,9-12H2,1H3. The smallest absolute Gasteiger partial charge is 0.278 e. The van der Waals surface area contributed by atoms with Gasteiger partial charge in [0, 0.05) is 42.0 Å². The first kappa shape index (κ1) is 24.0. The molecular weight excluding hydrogens is 520 g/mol. The molecule has 0 spiro atoms. The van der Waals surface area contributed by atoms with E-state index in [0.29, 0.717) is 5.56 Å². The normalized spacial score (nSPS) is 27.1. The molecule has 1 fully saturated rings. The number of pyridine rings is 1. The van der Waals surface area contributed by atoms with Gasteiger partial charge in [0.05, 0.1) is 18.9 Å². The highest BCUT2D eigenvalue weighted by Crippen LogP contribution is 2.54. The first-order valence-electron chi connectivity index (χ1n) is 12.4. The molecule has 39 heavy (non-hydrogen) atoms. The lowest BCUT2D eigenvalue weighted by molar-refractivity contribution is -0.0196. The number of para-hydroxylation sites is 1. The molecular formula is C27H22F4N4O4. The summed E-state index contributed by atoms with van der Waals surface area (Å²) in [6.07, 6.45) is -1.68. The van der Waals surface area contributed by atoms with Crippen molar-refractivity contribution in [3.63, 3.8) is 0 Å². The molecule has 0 aliphatic carbocycles. The maximum Gasteiger partial charge on any atom is 0.278 e. The number of hydrogen-bond donors (Lipinski definition) is 1. The Labute approximate surface area is 219 Å². The van der Waals surface area contributed by atoms with E-state index in [-0.39, 0.29) is 47.8 Å². The molecule has 0 saturated carbocycles. The van der Waals surface area contributed by atoms with Crippen molar-refractivity contribution < 1.29 is 32.2 Å². The third kappa shape index (κ3) is 3.03. The summed E-state index contributed by atoms with van der Waals surface area (Å²) in [7, 11) is 0. The number of ether oxygens (including phenoxy) is 1. The number of rotatable bonds is 1.